The Labute approximate surface area is 417 Å². The molecular weight excluding hydrogens is 925 g/mol. The molecule has 2 N–H and O–H groups in total. The van der Waals surface area contributed by atoms with Crippen LogP contribution in [0.4, 0.5) is 30.6 Å². The number of nitrogens with zero attached hydrogens (tertiary/aromatic N) is 6. The monoisotopic (exact) mass is 989 g/mol. The third-order valence-corrected chi connectivity index (χ3v) is 16.9. The minimum absolute atomic E-state index is 0.0150. The Balaban J connectivity index is 0.834. The number of hydrogen-bond donors (Lipinski definition) is 2. The summed E-state index contributed by atoms with van der Waals surface area (Å²) >= 11 is 0. The molecule has 0 bridgehead atoms. The first-order chi connectivity index (χ1) is 34.5. The highest BCUT2D eigenvalue weighted by Crippen LogP contribution is 2.65. The molecule has 2 unspecified atom stereocenters. The molecule has 0 radical (unpaired) electrons. The van der Waals surface area contributed by atoms with Gasteiger partial charge in [0, 0.05) is 71.6 Å². The second-order valence-electron chi connectivity index (χ2n) is 18.9. The fourth-order valence-corrected chi connectivity index (χ4v) is 13.4. The molecule has 71 heavy (non-hydrogen) atoms. The first-order valence-corrected chi connectivity index (χ1v) is 26.7. The van der Waals surface area contributed by atoms with Gasteiger partial charge >= 0.3 is 0 Å². The van der Waals surface area contributed by atoms with Crippen LogP contribution >= 0.6 is 10.2 Å². The fourth-order valence-electron chi connectivity index (χ4n) is 9.89. The third-order valence-electron chi connectivity index (χ3n) is 13.6. The number of hydrogen-bond acceptors (Lipinski definition) is 11. The highest BCUT2D eigenvalue weighted by Gasteiger charge is 2.51. The van der Waals surface area contributed by atoms with Crippen molar-refractivity contribution in [3.8, 4) is 17.2 Å². The molecule has 9 rings (SSSR count). The number of benzene rings is 5. The number of halogens is 2. The standard InChI is InChI=1S/C55H65F2N7O6S/c1-4-5-6-7-8-9-31-67-47-20-14-43(15-21-47)60-71(35-52(64(40(2)3)54(71)66)41-11-10-12-46(65)32-41)49-24-18-45(19-25-49)62-29-27-61(28-30-62)44-16-22-48(23-17-44)68-34-53-69-37-55(70-53,36-63-39-58-38-59-63)50-26-13-42(56)33-51(50)57/h10-26,32-33,38-40,52-53,60,65H,4-9,27-31,34-37H2,1-3H3/t52?,53-,55+/m0/s1. The molecule has 0 spiro atoms. The van der Waals surface area contributed by atoms with Gasteiger partial charge < -0.3 is 43.5 Å². The summed E-state index contributed by atoms with van der Waals surface area (Å²) in [5.74, 6) is 0.774. The van der Waals surface area contributed by atoms with E-state index in [-0.39, 0.29) is 48.4 Å². The Morgan fingerprint density at radius 2 is 1.51 bits per heavy atom. The molecule has 3 aliphatic heterocycles. The topological polar surface area (TPSA) is 127 Å². The molecule has 4 atom stereocenters. The lowest BCUT2D eigenvalue weighted by atomic mass is 9.94. The lowest BCUT2D eigenvalue weighted by Gasteiger charge is -2.38. The van der Waals surface area contributed by atoms with Gasteiger partial charge in [0.25, 0.3) is 5.24 Å². The maximum absolute atomic E-state index is 15.1. The first-order valence-electron chi connectivity index (χ1n) is 24.9. The number of carbonyl (C=O) groups excluding carboxylic acids is 1. The molecule has 4 heterocycles. The first kappa shape index (κ1) is 49.6. The molecule has 6 aromatic rings. The summed E-state index contributed by atoms with van der Waals surface area (Å²) in [7, 11) is -2.32. The van der Waals surface area contributed by atoms with E-state index in [9.17, 15) is 9.50 Å². The zero-order valence-corrected chi connectivity index (χ0v) is 41.6. The molecule has 13 nitrogen and oxygen atoms in total. The predicted molar refractivity (Wildman–Crippen MR) is 275 cm³/mol. The number of rotatable bonds is 21. The van der Waals surface area contributed by atoms with Crippen molar-refractivity contribution in [1.82, 2.24) is 19.7 Å². The maximum Gasteiger partial charge on any atom is 0.286 e. The number of carbonyl (C=O) groups is 1. The van der Waals surface area contributed by atoms with Gasteiger partial charge in [0.2, 0.25) is 0 Å². The van der Waals surface area contributed by atoms with E-state index in [0.717, 1.165) is 71.9 Å². The molecule has 5 aromatic carbocycles. The van der Waals surface area contributed by atoms with Crippen molar-refractivity contribution in [3.63, 3.8) is 0 Å². The number of piperazine rings is 1. The number of ether oxygens (including phenoxy) is 4. The van der Waals surface area contributed by atoms with Crippen LogP contribution in [0.1, 0.15) is 76.5 Å². The van der Waals surface area contributed by atoms with Gasteiger partial charge in [-0.25, -0.2) is 18.4 Å². The highest BCUT2D eigenvalue weighted by atomic mass is 32.3. The Kier molecular flexibility index (Phi) is 15.6. The van der Waals surface area contributed by atoms with Crippen LogP contribution in [0, 0.1) is 11.6 Å². The van der Waals surface area contributed by atoms with Crippen LogP contribution in [0.15, 0.2) is 133 Å². The molecule has 3 saturated heterocycles. The van der Waals surface area contributed by atoms with E-state index in [0.29, 0.717) is 18.1 Å². The van der Waals surface area contributed by atoms with Gasteiger partial charge in [-0.3, -0.25) is 4.79 Å². The largest absolute Gasteiger partial charge is 0.508 e. The van der Waals surface area contributed by atoms with Gasteiger partial charge in [-0.1, -0.05) is 67.4 Å². The van der Waals surface area contributed by atoms with Crippen LogP contribution in [0.5, 0.6) is 17.2 Å². The molecular formula is C55H65F2N7O6S. The summed E-state index contributed by atoms with van der Waals surface area (Å²) in [5.41, 5.74) is 2.85. The number of phenolic OH excluding ortho intramolecular Hbond substituents is 1. The smallest absolute Gasteiger partial charge is 0.286 e. The average molecular weight is 990 g/mol. The maximum atomic E-state index is 15.1. The lowest BCUT2D eigenvalue weighted by molar-refractivity contribution is -0.117. The Morgan fingerprint density at radius 3 is 2.17 bits per heavy atom. The second kappa shape index (κ2) is 22.4. The van der Waals surface area contributed by atoms with Crippen molar-refractivity contribution in [2.75, 3.05) is 66.3 Å². The van der Waals surface area contributed by atoms with Gasteiger partial charge in [0.15, 0.2) is 6.29 Å². The summed E-state index contributed by atoms with van der Waals surface area (Å²) in [4.78, 5) is 26.7. The molecule has 1 amide bonds. The molecule has 1 aromatic heterocycles. The number of nitrogens with one attached hydrogen (secondary N) is 1. The van der Waals surface area contributed by atoms with Crippen LogP contribution in [0.3, 0.4) is 0 Å². The quantitative estimate of drug-likeness (QED) is 0.0669. The van der Waals surface area contributed by atoms with Gasteiger partial charge in [-0.2, -0.15) is 5.10 Å². The van der Waals surface area contributed by atoms with Crippen LogP contribution in [0.2, 0.25) is 0 Å². The van der Waals surface area contributed by atoms with E-state index < -0.39 is 33.7 Å². The molecule has 376 valence electrons. The van der Waals surface area contributed by atoms with E-state index in [1.54, 1.807) is 12.1 Å². The van der Waals surface area contributed by atoms with E-state index in [4.69, 9.17) is 18.9 Å². The molecule has 16 heteroatoms. The summed E-state index contributed by atoms with van der Waals surface area (Å²) in [6.07, 6.45) is 9.32. The van der Waals surface area contributed by atoms with Crippen LogP contribution < -0.4 is 24.0 Å². The predicted octanol–water partition coefficient (Wildman–Crippen LogP) is 11.5. The van der Waals surface area contributed by atoms with Crippen LogP contribution in [0.25, 0.3) is 0 Å². The Bertz CT molecular complexity index is 2670. The van der Waals surface area contributed by atoms with E-state index in [1.165, 1.54) is 61.6 Å². The number of aromatic hydroxyl groups is 1. The van der Waals surface area contributed by atoms with E-state index >= 15 is 9.18 Å². The van der Waals surface area contributed by atoms with Gasteiger partial charge in [0.1, 0.15) is 53.7 Å². The van der Waals surface area contributed by atoms with Crippen molar-refractivity contribution >= 4 is 32.5 Å². The van der Waals surface area contributed by atoms with Gasteiger partial charge in [-0.05, 0) is 117 Å². The fraction of sp³-hybridized carbons (Fsp3) is 0.400. The molecule has 3 aliphatic rings. The SMILES string of the molecule is CCCCCCCCOc1ccc(NS2(c3ccc(N4CCN(c5ccc(OC[C@H]6OC[C@](Cn7cncn7)(c7ccc(F)cc7F)O6)cc5)CC4)cc3)CC(c3cccc(O)c3)N(C(C)C)C2=O)cc1. The van der Waals surface area contributed by atoms with Gasteiger partial charge in [-0.15, -0.1) is 0 Å². The second-order valence-corrected chi connectivity index (χ2v) is 21.7. The normalized spacial score (nSPS) is 22.2. The molecule has 3 fully saturated rings. The number of aromatic nitrogens is 3. The number of anilines is 3. The number of amides is 1. The zero-order chi connectivity index (χ0) is 49.4. The zero-order valence-electron chi connectivity index (χ0n) is 40.8. The van der Waals surface area contributed by atoms with Crippen molar-refractivity contribution in [1.29, 1.82) is 0 Å². The Hall–Kier alpha value is -6.36. The highest BCUT2D eigenvalue weighted by molar-refractivity contribution is 8.46. The van der Waals surface area contributed by atoms with Crippen molar-refractivity contribution in [2.45, 2.75) is 94.7 Å². The minimum Gasteiger partial charge on any atom is -0.508 e. The molecule has 0 saturated carbocycles. The van der Waals surface area contributed by atoms with Crippen molar-refractivity contribution < 1.29 is 37.6 Å². The van der Waals surface area contributed by atoms with Crippen molar-refractivity contribution in [2.24, 2.45) is 0 Å². The summed E-state index contributed by atoms with van der Waals surface area (Å²) in [5, 5.41) is 14.8. The molecule has 0 aliphatic carbocycles. The van der Waals surface area contributed by atoms with Crippen LogP contribution in [-0.4, -0.2) is 94.1 Å². The average Bonchev–Trinajstić information content (AvgIpc) is 4.12. The summed E-state index contributed by atoms with van der Waals surface area (Å²) in [6, 6.07) is 34.9. The third kappa shape index (κ3) is 11.4. The van der Waals surface area contributed by atoms with Crippen LogP contribution in [-0.2, 0) is 21.6 Å². The summed E-state index contributed by atoms with van der Waals surface area (Å²) in [6.45, 7) is 10.5. The van der Waals surface area contributed by atoms with E-state index in [2.05, 4.69) is 69.6 Å². The summed E-state index contributed by atoms with van der Waals surface area (Å²) < 4.78 is 58.7. The van der Waals surface area contributed by atoms with Gasteiger partial charge in [0.05, 0.1) is 25.8 Å². The minimum atomic E-state index is -2.32. The van der Waals surface area contributed by atoms with Crippen molar-refractivity contribution in [3.05, 3.63) is 151 Å². The number of phenols is 1. The van der Waals surface area contributed by atoms with E-state index in [1.807, 2.05) is 65.6 Å². The number of unbranched alkanes of at least 4 members (excludes halogenated alkanes) is 5. The Morgan fingerprint density at radius 1 is 0.831 bits per heavy atom. The lowest BCUT2D eigenvalue weighted by Crippen LogP contribution is -2.46.